The van der Waals surface area contributed by atoms with Crippen molar-refractivity contribution < 1.29 is 4.79 Å². The summed E-state index contributed by atoms with van der Waals surface area (Å²) in [7, 11) is 0. The van der Waals surface area contributed by atoms with Crippen molar-refractivity contribution in [3.63, 3.8) is 0 Å². The Kier molecular flexibility index (Phi) is 3.20. The minimum atomic E-state index is -0.411. The van der Waals surface area contributed by atoms with Gasteiger partial charge >= 0.3 is 0 Å². The first-order chi connectivity index (χ1) is 9.65. The molecule has 0 fully saturated rings. The Morgan fingerprint density at radius 1 is 1.15 bits per heavy atom. The van der Waals surface area contributed by atoms with Crippen LogP contribution in [0.3, 0.4) is 0 Å². The van der Waals surface area contributed by atoms with Gasteiger partial charge in [0.05, 0.1) is 5.56 Å². The van der Waals surface area contributed by atoms with Gasteiger partial charge in [0.2, 0.25) is 0 Å². The van der Waals surface area contributed by atoms with Crippen LogP contribution >= 0.6 is 11.6 Å². The summed E-state index contributed by atoms with van der Waals surface area (Å²) >= 11 is 6.00. The minimum Gasteiger partial charge on any atom is -0.366 e. The van der Waals surface area contributed by atoms with Crippen LogP contribution in [-0.2, 0) is 6.54 Å². The van der Waals surface area contributed by atoms with E-state index < -0.39 is 5.91 Å². The van der Waals surface area contributed by atoms with Gasteiger partial charge in [0.15, 0.2) is 0 Å². The standard InChI is InChI=1S/C16H13ClN2O/c17-12-5-3-4-11(8-12)9-19-10-14(16(18)20)13-6-1-2-7-15(13)19/h1-8,10H,9H2,(H2,18,20). The Balaban J connectivity index is 2.10. The number of halogens is 1. The van der Waals surface area contributed by atoms with Crippen LogP contribution < -0.4 is 5.73 Å². The van der Waals surface area contributed by atoms with Gasteiger partial charge in [-0.25, -0.2) is 0 Å². The first-order valence-electron chi connectivity index (χ1n) is 6.27. The van der Waals surface area contributed by atoms with Crippen LogP contribution in [-0.4, -0.2) is 10.5 Å². The third kappa shape index (κ3) is 2.28. The van der Waals surface area contributed by atoms with Crippen LogP contribution in [0.5, 0.6) is 0 Å². The molecule has 1 heterocycles. The summed E-state index contributed by atoms with van der Waals surface area (Å²) in [6.07, 6.45) is 1.80. The van der Waals surface area contributed by atoms with Crippen molar-refractivity contribution in [2.45, 2.75) is 6.54 Å². The fraction of sp³-hybridized carbons (Fsp3) is 0.0625. The second kappa shape index (κ2) is 5.02. The summed E-state index contributed by atoms with van der Waals surface area (Å²) in [5, 5.41) is 1.58. The number of fused-ring (bicyclic) bond motifs is 1. The molecule has 0 atom stereocenters. The average Bonchev–Trinajstić information content (AvgIpc) is 2.78. The number of para-hydroxylation sites is 1. The fourth-order valence-corrected chi connectivity index (χ4v) is 2.62. The molecule has 0 saturated carbocycles. The molecule has 0 aliphatic carbocycles. The maximum absolute atomic E-state index is 11.5. The van der Waals surface area contributed by atoms with Crippen molar-refractivity contribution in [2.75, 3.05) is 0 Å². The molecule has 0 aliphatic heterocycles. The molecule has 3 nitrogen and oxygen atoms in total. The number of benzene rings is 2. The van der Waals surface area contributed by atoms with Gasteiger partial charge in [-0.1, -0.05) is 41.9 Å². The summed E-state index contributed by atoms with van der Waals surface area (Å²) in [4.78, 5) is 11.5. The summed E-state index contributed by atoms with van der Waals surface area (Å²) in [5.74, 6) is -0.411. The average molecular weight is 285 g/mol. The van der Waals surface area contributed by atoms with E-state index in [4.69, 9.17) is 17.3 Å². The number of aromatic nitrogens is 1. The van der Waals surface area contributed by atoms with Gasteiger partial charge in [0, 0.05) is 28.7 Å². The number of nitrogens with zero attached hydrogens (tertiary/aromatic N) is 1. The highest BCUT2D eigenvalue weighted by molar-refractivity contribution is 6.30. The van der Waals surface area contributed by atoms with Gasteiger partial charge in [-0.2, -0.15) is 0 Å². The number of hydrogen-bond donors (Lipinski definition) is 1. The second-order valence-electron chi connectivity index (χ2n) is 4.68. The molecule has 3 aromatic rings. The van der Waals surface area contributed by atoms with Gasteiger partial charge in [-0.3, -0.25) is 4.79 Å². The summed E-state index contributed by atoms with van der Waals surface area (Å²) < 4.78 is 2.01. The number of amides is 1. The van der Waals surface area contributed by atoms with Crippen molar-refractivity contribution in [1.82, 2.24) is 4.57 Å². The topological polar surface area (TPSA) is 48.0 Å². The smallest absolute Gasteiger partial charge is 0.250 e. The molecule has 20 heavy (non-hydrogen) atoms. The van der Waals surface area contributed by atoms with Gasteiger partial charge < -0.3 is 10.3 Å². The highest BCUT2D eigenvalue weighted by atomic mass is 35.5. The normalized spacial score (nSPS) is 10.8. The fourth-order valence-electron chi connectivity index (χ4n) is 2.41. The van der Waals surface area contributed by atoms with Crippen molar-refractivity contribution in [3.05, 3.63) is 70.9 Å². The van der Waals surface area contributed by atoms with Crippen LogP contribution in [0.15, 0.2) is 54.7 Å². The highest BCUT2D eigenvalue weighted by Gasteiger charge is 2.12. The van der Waals surface area contributed by atoms with E-state index in [1.165, 1.54) is 0 Å². The third-order valence-corrected chi connectivity index (χ3v) is 3.53. The minimum absolute atomic E-state index is 0.411. The Hall–Kier alpha value is -2.26. The molecule has 0 aliphatic rings. The lowest BCUT2D eigenvalue weighted by molar-refractivity contribution is 0.100. The van der Waals surface area contributed by atoms with Crippen LogP contribution in [0.4, 0.5) is 0 Å². The monoisotopic (exact) mass is 284 g/mol. The van der Waals surface area contributed by atoms with Crippen LogP contribution in [0.25, 0.3) is 10.9 Å². The highest BCUT2D eigenvalue weighted by Crippen LogP contribution is 2.22. The molecule has 2 aromatic carbocycles. The molecule has 0 unspecified atom stereocenters. The Labute approximate surface area is 121 Å². The number of rotatable bonds is 3. The maximum atomic E-state index is 11.5. The van der Waals surface area contributed by atoms with E-state index in [-0.39, 0.29) is 0 Å². The van der Waals surface area contributed by atoms with Crippen molar-refractivity contribution in [3.8, 4) is 0 Å². The molecule has 0 saturated heterocycles. The zero-order valence-corrected chi connectivity index (χ0v) is 11.5. The molecular formula is C16H13ClN2O. The summed E-state index contributed by atoms with van der Waals surface area (Å²) in [6, 6.07) is 15.4. The number of nitrogens with two attached hydrogens (primary N) is 1. The molecule has 4 heteroatoms. The second-order valence-corrected chi connectivity index (χ2v) is 5.12. The van der Waals surface area contributed by atoms with E-state index in [1.54, 1.807) is 6.20 Å². The molecule has 3 rings (SSSR count). The van der Waals surface area contributed by atoms with Gasteiger partial charge in [0.25, 0.3) is 5.91 Å². The third-order valence-electron chi connectivity index (χ3n) is 3.30. The number of carbonyl (C=O) groups is 1. The van der Waals surface area contributed by atoms with Crippen LogP contribution in [0.1, 0.15) is 15.9 Å². The van der Waals surface area contributed by atoms with Gasteiger partial charge in [0.1, 0.15) is 0 Å². The zero-order chi connectivity index (χ0) is 14.1. The Morgan fingerprint density at radius 3 is 2.70 bits per heavy atom. The van der Waals surface area contributed by atoms with Crippen molar-refractivity contribution in [1.29, 1.82) is 0 Å². The van der Waals surface area contributed by atoms with Crippen LogP contribution in [0.2, 0.25) is 5.02 Å². The van der Waals surface area contributed by atoms with E-state index in [1.807, 2.05) is 53.1 Å². The molecule has 0 radical (unpaired) electrons. The van der Waals surface area contributed by atoms with Gasteiger partial charge in [-0.05, 0) is 23.8 Å². The SMILES string of the molecule is NC(=O)c1cn(Cc2cccc(Cl)c2)c2ccccc12. The van der Waals surface area contributed by atoms with Gasteiger partial charge in [-0.15, -0.1) is 0 Å². The van der Waals surface area contributed by atoms with Crippen molar-refractivity contribution >= 4 is 28.4 Å². The first-order valence-corrected chi connectivity index (χ1v) is 6.65. The molecule has 1 amide bonds. The largest absolute Gasteiger partial charge is 0.366 e. The summed E-state index contributed by atoms with van der Waals surface area (Å²) in [6.45, 7) is 0.647. The quantitative estimate of drug-likeness (QED) is 0.787. The number of hydrogen-bond acceptors (Lipinski definition) is 1. The Bertz CT molecular complexity index is 792. The predicted molar refractivity (Wildman–Crippen MR) is 81.0 cm³/mol. The molecule has 2 N–H and O–H groups in total. The van der Waals surface area contributed by atoms with E-state index in [0.717, 1.165) is 16.5 Å². The molecular weight excluding hydrogens is 272 g/mol. The first kappa shape index (κ1) is 12.8. The lowest BCUT2D eigenvalue weighted by atomic mass is 10.2. The molecule has 0 bridgehead atoms. The number of carbonyl (C=O) groups excluding carboxylic acids is 1. The lowest BCUT2D eigenvalue weighted by Crippen LogP contribution is -2.10. The lowest BCUT2D eigenvalue weighted by Gasteiger charge is -2.05. The molecule has 1 aromatic heterocycles. The van der Waals surface area contributed by atoms with E-state index in [9.17, 15) is 4.79 Å². The zero-order valence-electron chi connectivity index (χ0n) is 10.7. The number of primary amides is 1. The molecule has 0 spiro atoms. The van der Waals surface area contributed by atoms with E-state index in [2.05, 4.69) is 0 Å². The maximum Gasteiger partial charge on any atom is 0.250 e. The summed E-state index contributed by atoms with van der Waals surface area (Å²) in [5.41, 5.74) is 8.05. The molecule has 100 valence electrons. The predicted octanol–water partition coefficient (Wildman–Crippen LogP) is 3.44. The Morgan fingerprint density at radius 2 is 1.95 bits per heavy atom. The van der Waals surface area contributed by atoms with Crippen molar-refractivity contribution in [2.24, 2.45) is 5.73 Å². The van der Waals surface area contributed by atoms with E-state index in [0.29, 0.717) is 17.1 Å². The van der Waals surface area contributed by atoms with E-state index >= 15 is 0 Å². The van der Waals surface area contributed by atoms with Crippen LogP contribution in [0, 0.1) is 0 Å².